The second-order valence-electron chi connectivity index (χ2n) is 5.40. The van der Waals surface area contributed by atoms with Crippen LogP contribution in [-0.4, -0.2) is 37.2 Å². The first kappa shape index (κ1) is 16.1. The van der Waals surface area contributed by atoms with Gasteiger partial charge in [-0.2, -0.15) is 0 Å². The van der Waals surface area contributed by atoms with Crippen LogP contribution in [0.2, 0.25) is 0 Å². The zero-order valence-corrected chi connectivity index (χ0v) is 13.1. The van der Waals surface area contributed by atoms with Crippen molar-refractivity contribution in [3.05, 3.63) is 17.8 Å². The second-order valence-corrected chi connectivity index (χ2v) is 7.18. The molecule has 2 rings (SSSR count). The van der Waals surface area contributed by atoms with Gasteiger partial charge in [0.05, 0.1) is 11.9 Å². The zero-order valence-electron chi connectivity index (χ0n) is 12.3. The molecule has 0 radical (unpaired) electrons. The molecule has 0 spiro atoms. The average molecular weight is 316 g/mol. The normalized spacial score (nSPS) is 22.4. The lowest BCUT2D eigenvalue weighted by Gasteiger charge is -2.20. The van der Waals surface area contributed by atoms with Crippen molar-refractivity contribution in [1.29, 1.82) is 0 Å². The van der Waals surface area contributed by atoms with Crippen LogP contribution in [0.15, 0.2) is 6.33 Å². The van der Waals surface area contributed by atoms with Gasteiger partial charge in [-0.05, 0) is 25.2 Å². The molecule has 2 atom stereocenters. The number of rotatable bonds is 6. The highest BCUT2D eigenvalue weighted by Gasteiger charge is 2.29. The molecule has 1 heterocycles. The Bertz CT molecular complexity index is 594. The largest absolute Gasteiger partial charge is 0.367 e. The van der Waals surface area contributed by atoms with Crippen LogP contribution in [-0.2, 0) is 16.4 Å². The van der Waals surface area contributed by atoms with E-state index in [9.17, 15) is 12.8 Å². The Morgan fingerprint density at radius 1 is 1.38 bits per heavy atom. The van der Waals surface area contributed by atoms with Crippen molar-refractivity contribution in [2.75, 3.05) is 18.1 Å². The third-order valence-corrected chi connectivity index (χ3v) is 4.48. The molecule has 0 aliphatic heterocycles. The number of aryl methyl sites for hydroxylation is 1. The molecule has 0 saturated heterocycles. The summed E-state index contributed by atoms with van der Waals surface area (Å²) >= 11 is 0. The van der Waals surface area contributed by atoms with E-state index in [1.54, 1.807) is 0 Å². The highest BCUT2D eigenvalue weighted by molar-refractivity contribution is 7.88. The maximum atomic E-state index is 14.0. The Labute approximate surface area is 124 Å². The van der Waals surface area contributed by atoms with Gasteiger partial charge < -0.3 is 5.32 Å². The van der Waals surface area contributed by atoms with Crippen LogP contribution in [0, 0.1) is 11.7 Å². The van der Waals surface area contributed by atoms with Crippen molar-refractivity contribution >= 4 is 15.8 Å². The molecule has 118 valence electrons. The van der Waals surface area contributed by atoms with Gasteiger partial charge >= 0.3 is 0 Å². The number of aromatic nitrogens is 2. The van der Waals surface area contributed by atoms with Gasteiger partial charge in [-0.25, -0.2) is 27.5 Å². The minimum atomic E-state index is -3.22. The van der Waals surface area contributed by atoms with Crippen molar-refractivity contribution in [1.82, 2.24) is 14.7 Å². The summed E-state index contributed by atoms with van der Waals surface area (Å²) in [5.41, 5.74) is 0.379. The number of anilines is 1. The van der Waals surface area contributed by atoms with E-state index in [0.717, 1.165) is 25.5 Å². The fraction of sp³-hybridized carbons (Fsp3) is 0.692. The summed E-state index contributed by atoms with van der Waals surface area (Å²) in [6, 6.07) is -0.0944. The number of hydrogen-bond donors (Lipinski definition) is 2. The van der Waals surface area contributed by atoms with Gasteiger partial charge in [0.2, 0.25) is 10.0 Å². The molecule has 8 heteroatoms. The van der Waals surface area contributed by atoms with E-state index in [1.165, 1.54) is 6.33 Å². The van der Waals surface area contributed by atoms with E-state index in [-0.39, 0.29) is 17.8 Å². The topological polar surface area (TPSA) is 84.0 Å². The van der Waals surface area contributed by atoms with Crippen LogP contribution in [0.1, 0.15) is 31.9 Å². The van der Waals surface area contributed by atoms with Crippen molar-refractivity contribution in [2.24, 2.45) is 5.92 Å². The first-order chi connectivity index (χ1) is 9.90. The highest BCUT2D eigenvalue weighted by Crippen LogP contribution is 2.26. The molecule has 0 aromatic carbocycles. The summed E-state index contributed by atoms with van der Waals surface area (Å²) < 4.78 is 39.3. The molecule has 0 amide bonds. The summed E-state index contributed by atoms with van der Waals surface area (Å²) in [6.45, 7) is 2.32. The predicted molar refractivity (Wildman–Crippen MR) is 79.0 cm³/mol. The van der Waals surface area contributed by atoms with Crippen LogP contribution in [0.5, 0.6) is 0 Å². The lowest BCUT2D eigenvalue weighted by molar-refractivity contribution is 0.462. The first-order valence-corrected chi connectivity index (χ1v) is 9.00. The number of sulfonamides is 1. The molecule has 0 bridgehead atoms. The molecule has 1 fully saturated rings. The molecular formula is C13H21FN4O2S. The zero-order chi connectivity index (χ0) is 15.5. The quantitative estimate of drug-likeness (QED) is 0.826. The average Bonchev–Trinajstić information content (AvgIpc) is 2.82. The summed E-state index contributed by atoms with van der Waals surface area (Å²) in [7, 11) is -3.22. The van der Waals surface area contributed by atoms with Crippen molar-refractivity contribution in [3.8, 4) is 0 Å². The molecule has 6 nitrogen and oxygen atoms in total. The SMILES string of the molecule is CCc1ncnc(NC[C@@H]2CCC[C@@H]2NS(C)(=O)=O)c1F. The number of nitrogens with zero attached hydrogens (tertiary/aromatic N) is 2. The Kier molecular flexibility index (Phi) is 5.10. The Balaban J connectivity index is 1.99. The van der Waals surface area contributed by atoms with Crippen LogP contribution in [0.3, 0.4) is 0 Å². The third-order valence-electron chi connectivity index (χ3n) is 3.75. The fourth-order valence-corrected chi connectivity index (χ4v) is 3.58. The van der Waals surface area contributed by atoms with Crippen LogP contribution >= 0.6 is 0 Å². The molecule has 2 N–H and O–H groups in total. The molecule has 1 aromatic heterocycles. The van der Waals surface area contributed by atoms with E-state index in [4.69, 9.17) is 0 Å². The maximum Gasteiger partial charge on any atom is 0.208 e. The van der Waals surface area contributed by atoms with Crippen LogP contribution in [0.4, 0.5) is 10.2 Å². The number of hydrogen-bond acceptors (Lipinski definition) is 5. The Morgan fingerprint density at radius 3 is 2.81 bits per heavy atom. The van der Waals surface area contributed by atoms with Gasteiger partial charge in [-0.15, -0.1) is 0 Å². The molecule has 0 unspecified atom stereocenters. The standard InChI is InChI=1S/C13H21FN4O2S/c1-3-10-12(14)13(17-8-16-10)15-7-9-5-4-6-11(9)18-21(2,19)20/h8-9,11,18H,3-7H2,1-2H3,(H,15,16,17)/t9-,11-/m0/s1. The summed E-state index contributed by atoms with van der Waals surface area (Å²) in [6.07, 6.45) is 5.69. The second kappa shape index (κ2) is 6.65. The van der Waals surface area contributed by atoms with Crippen molar-refractivity contribution in [2.45, 2.75) is 38.6 Å². The van der Waals surface area contributed by atoms with Gasteiger partial charge in [0.25, 0.3) is 0 Å². The van der Waals surface area contributed by atoms with Gasteiger partial charge in [0.1, 0.15) is 6.33 Å². The fourth-order valence-electron chi connectivity index (χ4n) is 2.72. The van der Waals surface area contributed by atoms with Crippen LogP contribution < -0.4 is 10.0 Å². The molecule has 1 aromatic rings. The number of nitrogens with one attached hydrogen (secondary N) is 2. The minimum Gasteiger partial charge on any atom is -0.367 e. The molecule has 1 aliphatic carbocycles. The highest BCUT2D eigenvalue weighted by atomic mass is 32.2. The summed E-state index contributed by atoms with van der Waals surface area (Å²) in [5, 5.41) is 2.98. The van der Waals surface area contributed by atoms with Crippen LogP contribution in [0.25, 0.3) is 0 Å². The van der Waals surface area contributed by atoms with Gasteiger partial charge in [-0.3, -0.25) is 0 Å². The lowest BCUT2D eigenvalue weighted by atomic mass is 10.0. The predicted octanol–water partition coefficient (Wildman–Crippen LogP) is 1.31. The monoisotopic (exact) mass is 316 g/mol. The molecule has 1 saturated carbocycles. The molecule has 21 heavy (non-hydrogen) atoms. The first-order valence-electron chi connectivity index (χ1n) is 7.11. The van der Waals surface area contributed by atoms with E-state index >= 15 is 0 Å². The number of halogens is 1. The summed E-state index contributed by atoms with van der Waals surface area (Å²) in [4.78, 5) is 7.79. The van der Waals surface area contributed by atoms with Crippen molar-refractivity contribution in [3.63, 3.8) is 0 Å². The molecular weight excluding hydrogens is 295 g/mol. The third kappa shape index (κ3) is 4.34. The van der Waals surface area contributed by atoms with E-state index in [0.29, 0.717) is 18.7 Å². The Hall–Kier alpha value is -1.28. The Morgan fingerprint density at radius 2 is 2.14 bits per heavy atom. The van der Waals surface area contributed by atoms with E-state index in [1.807, 2.05) is 6.92 Å². The molecule has 1 aliphatic rings. The van der Waals surface area contributed by atoms with Gasteiger partial charge in [0.15, 0.2) is 11.6 Å². The van der Waals surface area contributed by atoms with Gasteiger partial charge in [0, 0.05) is 12.6 Å². The van der Waals surface area contributed by atoms with E-state index in [2.05, 4.69) is 20.0 Å². The maximum absolute atomic E-state index is 14.0. The van der Waals surface area contributed by atoms with E-state index < -0.39 is 15.8 Å². The van der Waals surface area contributed by atoms with Crippen molar-refractivity contribution < 1.29 is 12.8 Å². The minimum absolute atomic E-state index is 0.0944. The van der Waals surface area contributed by atoms with Gasteiger partial charge in [-0.1, -0.05) is 13.3 Å². The summed E-state index contributed by atoms with van der Waals surface area (Å²) in [5.74, 6) is -0.100. The lowest BCUT2D eigenvalue weighted by Crippen LogP contribution is -2.39. The smallest absolute Gasteiger partial charge is 0.208 e.